The highest BCUT2D eigenvalue weighted by molar-refractivity contribution is 5.41. The molecule has 0 aliphatic carbocycles. The minimum absolute atomic E-state index is 0.312. The normalized spacial score (nSPS) is 14.3. The standard InChI is InChI=1S/C14H25N3O/c1-6-15-12(3)13-7-8-16-14(9-13)17(4)11(2)10-18-5/h7-9,11-12,15H,6,10H2,1-5H3. The molecular weight excluding hydrogens is 226 g/mol. The van der Waals surface area contributed by atoms with Crippen LogP contribution in [0.5, 0.6) is 0 Å². The van der Waals surface area contributed by atoms with E-state index in [1.54, 1.807) is 7.11 Å². The predicted molar refractivity (Wildman–Crippen MR) is 76.1 cm³/mol. The summed E-state index contributed by atoms with van der Waals surface area (Å²) >= 11 is 0. The average Bonchev–Trinajstić information content (AvgIpc) is 2.38. The number of likely N-dealkylation sites (N-methyl/N-ethyl adjacent to an activating group) is 1. The molecule has 2 unspecified atom stereocenters. The fourth-order valence-corrected chi connectivity index (χ4v) is 1.90. The van der Waals surface area contributed by atoms with Crippen molar-refractivity contribution in [3.63, 3.8) is 0 Å². The van der Waals surface area contributed by atoms with E-state index in [1.165, 1.54) is 5.56 Å². The van der Waals surface area contributed by atoms with Crippen LogP contribution in [-0.4, -0.2) is 38.3 Å². The molecule has 0 amide bonds. The fourth-order valence-electron chi connectivity index (χ4n) is 1.90. The molecule has 4 nitrogen and oxygen atoms in total. The van der Waals surface area contributed by atoms with Crippen molar-refractivity contribution in [2.24, 2.45) is 0 Å². The Morgan fingerprint density at radius 2 is 2.17 bits per heavy atom. The van der Waals surface area contributed by atoms with E-state index in [4.69, 9.17) is 4.74 Å². The number of hydrogen-bond donors (Lipinski definition) is 1. The van der Waals surface area contributed by atoms with Gasteiger partial charge in [-0.15, -0.1) is 0 Å². The number of pyridine rings is 1. The summed E-state index contributed by atoms with van der Waals surface area (Å²) < 4.78 is 5.18. The minimum Gasteiger partial charge on any atom is -0.383 e. The van der Waals surface area contributed by atoms with Gasteiger partial charge in [-0.2, -0.15) is 0 Å². The maximum Gasteiger partial charge on any atom is 0.128 e. The number of ether oxygens (including phenoxy) is 1. The summed E-state index contributed by atoms with van der Waals surface area (Å²) in [6.07, 6.45) is 1.87. The van der Waals surface area contributed by atoms with Crippen LogP contribution >= 0.6 is 0 Å². The van der Waals surface area contributed by atoms with E-state index in [1.807, 2.05) is 13.2 Å². The van der Waals surface area contributed by atoms with Crippen molar-refractivity contribution in [3.8, 4) is 0 Å². The molecule has 1 aromatic heterocycles. The van der Waals surface area contributed by atoms with Crippen LogP contribution in [0.1, 0.15) is 32.4 Å². The largest absolute Gasteiger partial charge is 0.383 e. The molecule has 0 saturated carbocycles. The van der Waals surface area contributed by atoms with Gasteiger partial charge in [0.2, 0.25) is 0 Å². The molecular formula is C14H25N3O. The second kappa shape index (κ2) is 7.34. The van der Waals surface area contributed by atoms with Crippen molar-refractivity contribution in [2.45, 2.75) is 32.9 Å². The van der Waals surface area contributed by atoms with Crippen LogP contribution in [0.15, 0.2) is 18.3 Å². The van der Waals surface area contributed by atoms with Crippen LogP contribution in [0.4, 0.5) is 5.82 Å². The monoisotopic (exact) mass is 251 g/mol. The summed E-state index contributed by atoms with van der Waals surface area (Å²) in [5, 5.41) is 3.41. The van der Waals surface area contributed by atoms with Gasteiger partial charge in [-0.1, -0.05) is 6.92 Å². The zero-order chi connectivity index (χ0) is 13.5. The third kappa shape index (κ3) is 3.96. The molecule has 0 spiro atoms. The summed E-state index contributed by atoms with van der Waals surface area (Å²) in [4.78, 5) is 6.57. The van der Waals surface area contributed by atoms with Gasteiger partial charge in [0, 0.05) is 26.4 Å². The lowest BCUT2D eigenvalue weighted by Gasteiger charge is -2.26. The molecule has 18 heavy (non-hydrogen) atoms. The summed E-state index contributed by atoms with van der Waals surface area (Å²) in [6.45, 7) is 8.08. The fraction of sp³-hybridized carbons (Fsp3) is 0.643. The molecule has 0 aromatic carbocycles. The van der Waals surface area contributed by atoms with Crippen molar-refractivity contribution in [1.29, 1.82) is 0 Å². The molecule has 1 aromatic rings. The first-order chi connectivity index (χ1) is 8.60. The van der Waals surface area contributed by atoms with Crippen LogP contribution < -0.4 is 10.2 Å². The Kier molecular flexibility index (Phi) is 6.09. The summed E-state index contributed by atoms with van der Waals surface area (Å²) in [6, 6.07) is 4.86. The van der Waals surface area contributed by atoms with Gasteiger partial charge in [0.1, 0.15) is 5.82 Å². The Labute approximate surface area is 110 Å². The molecule has 0 aliphatic heterocycles. The lowest BCUT2D eigenvalue weighted by Crippen LogP contribution is -2.33. The Hall–Kier alpha value is -1.13. The van der Waals surface area contributed by atoms with Gasteiger partial charge in [-0.05, 0) is 38.1 Å². The number of nitrogens with zero attached hydrogens (tertiary/aromatic N) is 2. The predicted octanol–water partition coefficient (Wildman–Crippen LogP) is 2.22. The zero-order valence-corrected chi connectivity index (χ0v) is 12.1. The van der Waals surface area contributed by atoms with Crippen LogP contribution in [0.3, 0.4) is 0 Å². The number of nitrogens with one attached hydrogen (secondary N) is 1. The summed E-state index contributed by atoms with van der Waals surface area (Å²) in [5.74, 6) is 0.988. The number of hydrogen-bond acceptors (Lipinski definition) is 4. The summed E-state index contributed by atoms with van der Waals surface area (Å²) in [7, 11) is 3.77. The minimum atomic E-state index is 0.312. The quantitative estimate of drug-likeness (QED) is 0.806. The number of anilines is 1. The first-order valence-corrected chi connectivity index (χ1v) is 6.51. The second-order valence-corrected chi connectivity index (χ2v) is 4.64. The molecule has 102 valence electrons. The van der Waals surface area contributed by atoms with Gasteiger partial charge in [-0.3, -0.25) is 0 Å². The van der Waals surface area contributed by atoms with E-state index in [0.717, 1.165) is 12.4 Å². The van der Waals surface area contributed by atoms with Crippen LogP contribution in [0.2, 0.25) is 0 Å². The Bertz CT molecular complexity index is 357. The number of methoxy groups -OCH3 is 1. The van der Waals surface area contributed by atoms with Crippen LogP contribution in [0, 0.1) is 0 Å². The molecule has 2 atom stereocenters. The van der Waals surface area contributed by atoms with E-state index < -0.39 is 0 Å². The Morgan fingerprint density at radius 1 is 1.44 bits per heavy atom. The Morgan fingerprint density at radius 3 is 2.78 bits per heavy atom. The van der Waals surface area contributed by atoms with Crippen molar-refractivity contribution >= 4 is 5.82 Å². The van der Waals surface area contributed by atoms with Gasteiger partial charge >= 0.3 is 0 Å². The Balaban J connectivity index is 2.80. The van der Waals surface area contributed by atoms with Gasteiger partial charge < -0.3 is 15.0 Å². The van der Waals surface area contributed by atoms with E-state index in [9.17, 15) is 0 Å². The van der Waals surface area contributed by atoms with Crippen molar-refractivity contribution in [1.82, 2.24) is 10.3 Å². The van der Waals surface area contributed by atoms with Crippen molar-refractivity contribution < 1.29 is 4.74 Å². The van der Waals surface area contributed by atoms with Crippen molar-refractivity contribution in [3.05, 3.63) is 23.9 Å². The first kappa shape index (κ1) is 14.9. The van der Waals surface area contributed by atoms with E-state index >= 15 is 0 Å². The molecule has 0 radical (unpaired) electrons. The maximum atomic E-state index is 5.18. The van der Waals surface area contributed by atoms with Gasteiger partial charge in [0.15, 0.2) is 0 Å². The van der Waals surface area contributed by atoms with Crippen LogP contribution in [0.25, 0.3) is 0 Å². The van der Waals surface area contributed by atoms with Gasteiger partial charge in [0.05, 0.1) is 12.6 Å². The lowest BCUT2D eigenvalue weighted by molar-refractivity contribution is 0.183. The topological polar surface area (TPSA) is 37.4 Å². The van der Waals surface area contributed by atoms with E-state index in [-0.39, 0.29) is 0 Å². The molecule has 0 saturated heterocycles. The molecule has 1 heterocycles. The molecule has 1 rings (SSSR count). The number of rotatable bonds is 7. The highest BCUT2D eigenvalue weighted by atomic mass is 16.5. The van der Waals surface area contributed by atoms with Gasteiger partial charge in [-0.25, -0.2) is 4.98 Å². The van der Waals surface area contributed by atoms with E-state index in [2.05, 4.69) is 48.1 Å². The summed E-state index contributed by atoms with van der Waals surface area (Å²) in [5.41, 5.74) is 1.26. The molecule has 1 N–H and O–H groups in total. The second-order valence-electron chi connectivity index (χ2n) is 4.64. The van der Waals surface area contributed by atoms with Crippen molar-refractivity contribution in [2.75, 3.05) is 32.2 Å². The van der Waals surface area contributed by atoms with Crippen LogP contribution in [-0.2, 0) is 4.74 Å². The van der Waals surface area contributed by atoms with Gasteiger partial charge in [0.25, 0.3) is 0 Å². The molecule has 0 bridgehead atoms. The molecule has 0 aliphatic rings. The lowest BCUT2D eigenvalue weighted by atomic mass is 10.1. The zero-order valence-electron chi connectivity index (χ0n) is 12.1. The average molecular weight is 251 g/mol. The maximum absolute atomic E-state index is 5.18. The highest BCUT2D eigenvalue weighted by Crippen LogP contribution is 2.18. The number of aromatic nitrogens is 1. The molecule has 0 fully saturated rings. The first-order valence-electron chi connectivity index (χ1n) is 6.51. The molecule has 4 heteroatoms. The highest BCUT2D eigenvalue weighted by Gasteiger charge is 2.12. The van der Waals surface area contributed by atoms with E-state index in [0.29, 0.717) is 18.7 Å². The SMILES string of the molecule is CCNC(C)c1ccnc(N(C)C(C)COC)c1. The third-order valence-electron chi connectivity index (χ3n) is 3.21. The third-order valence-corrected chi connectivity index (χ3v) is 3.21. The smallest absolute Gasteiger partial charge is 0.128 e.